The molecule has 3 aromatic rings. The molecule has 0 radical (unpaired) electrons. The minimum Gasteiger partial charge on any atom is -0.363 e. The molecule has 0 spiro atoms. The average molecular weight is 572 g/mol. The second kappa shape index (κ2) is 15.2. The fourth-order valence-electron chi connectivity index (χ4n) is 5.18. The molecule has 1 aromatic heterocycles. The van der Waals surface area contributed by atoms with Crippen LogP contribution in [0.3, 0.4) is 0 Å². The molecule has 2 aromatic carbocycles. The van der Waals surface area contributed by atoms with Crippen LogP contribution in [0.5, 0.6) is 0 Å². The van der Waals surface area contributed by atoms with E-state index in [0.717, 1.165) is 42.8 Å². The Hall–Kier alpha value is -4.15. The van der Waals surface area contributed by atoms with Gasteiger partial charge in [0.15, 0.2) is 0 Å². The topological polar surface area (TPSA) is 134 Å². The van der Waals surface area contributed by atoms with Crippen molar-refractivity contribution in [3.8, 4) is 0 Å². The van der Waals surface area contributed by atoms with Gasteiger partial charge in [0.2, 0.25) is 5.95 Å². The van der Waals surface area contributed by atoms with Gasteiger partial charge in [0.1, 0.15) is 5.82 Å². The highest BCUT2D eigenvalue weighted by Gasteiger charge is 2.36. The number of amides is 3. The van der Waals surface area contributed by atoms with Crippen molar-refractivity contribution < 1.29 is 14.4 Å². The maximum Gasteiger partial charge on any atom is 0.267 e. The highest BCUT2D eigenvalue weighted by atomic mass is 16.2. The Morgan fingerprint density at radius 1 is 0.857 bits per heavy atom. The van der Waals surface area contributed by atoms with Gasteiger partial charge in [-0.3, -0.25) is 14.4 Å². The van der Waals surface area contributed by atoms with Crippen LogP contribution in [0.4, 0.5) is 11.8 Å². The first-order chi connectivity index (χ1) is 20.4. The van der Waals surface area contributed by atoms with Crippen molar-refractivity contribution in [3.05, 3.63) is 84.1 Å². The number of benzene rings is 2. The summed E-state index contributed by atoms with van der Waals surface area (Å²) in [5.41, 5.74) is 6.30. The number of carbonyl (C=O) groups is 3. The SMILES string of the molecule is CN(C)c1ccnc(N[C@H]2CC[C@@H](N[C@@H](CCCCN)C(=O)N(C(=O)c3ccccc3)C(=O)c3ccccc3)CC2)n1. The molecule has 42 heavy (non-hydrogen) atoms. The van der Waals surface area contributed by atoms with E-state index >= 15 is 0 Å². The standard InChI is InChI=1S/C32H41N7O3/c1-38(2)28-20-22-34-32(37-28)36-26-18-16-25(17-19-26)35-27(15-9-10-21-33)31(42)39(29(40)23-11-5-3-6-12-23)30(41)24-13-7-4-8-14-24/h3-8,11-14,20,22,25-27,35H,9-10,15-19,21,33H2,1-2H3,(H,34,36,37)/t25-,26+,27-/m0/s1. The molecule has 10 nitrogen and oxygen atoms in total. The van der Waals surface area contributed by atoms with E-state index in [0.29, 0.717) is 25.3 Å². The number of nitrogens with zero attached hydrogens (tertiary/aromatic N) is 4. The maximum absolute atomic E-state index is 14.1. The number of hydrogen-bond donors (Lipinski definition) is 3. The third-order valence-electron chi connectivity index (χ3n) is 7.51. The average Bonchev–Trinajstić information content (AvgIpc) is 3.02. The lowest BCUT2D eigenvalue weighted by atomic mass is 9.90. The Morgan fingerprint density at radius 2 is 1.43 bits per heavy atom. The second-order valence-electron chi connectivity index (χ2n) is 10.8. The van der Waals surface area contributed by atoms with Crippen molar-refractivity contribution in [3.63, 3.8) is 0 Å². The molecular weight excluding hydrogens is 530 g/mol. The molecule has 1 atom stereocenters. The van der Waals surface area contributed by atoms with E-state index in [4.69, 9.17) is 5.73 Å². The summed E-state index contributed by atoms with van der Waals surface area (Å²) in [6, 6.07) is 18.3. The van der Waals surface area contributed by atoms with Crippen LogP contribution in [0.1, 0.15) is 65.7 Å². The summed E-state index contributed by atoms with van der Waals surface area (Å²) in [6.45, 7) is 0.504. The van der Waals surface area contributed by atoms with E-state index in [1.807, 2.05) is 25.1 Å². The molecule has 0 bridgehead atoms. The van der Waals surface area contributed by atoms with Crippen molar-refractivity contribution in [1.82, 2.24) is 20.2 Å². The van der Waals surface area contributed by atoms with Gasteiger partial charge < -0.3 is 21.3 Å². The smallest absolute Gasteiger partial charge is 0.267 e. The maximum atomic E-state index is 14.1. The number of aromatic nitrogens is 2. The monoisotopic (exact) mass is 571 g/mol. The second-order valence-corrected chi connectivity index (χ2v) is 10.8. The first kappa shape index (κ1) is 30.8. The quantitative estimate of drug-likeness (QED) is 0.219. The van der Waals surface area contributed by atoms with Gasteiger partial charge in [-0.2, -0.15) is 4.98 Å². The van der Waals surface area contributed by atoms with Gasteiger partial charge in [0, 0.05) is 43.5 Å². The predicted molar refractivity (Wildman–Crippen MR) is 164 cm³/mol. The molecule has 4 N–H and O–H groups in total. The number of rotatable bonds is 12. The molecule has 1 fully saturated rings. The van der Waals surface area contributed by atoms with Crippen molar-refractivity contribution in [2.24, 2.45) is 5.73 Å². The summed E-state index contributed by atoms with van der Waals surface area (Å²) in [5.74, 6) is -0.368. The van der Waals surface area contributed by atoms with Gasteiger partial charge in [-0.1, -0.05) is 42.8 Å². The molecule has 4 rings (SSSR count). The van der Waals surface area contributed by atoms with E-state index < -0.39 is 23.8 Å². The fourth-order valence-corrected chi connectivity index (χ4v) is 5.18. The number of nitrogens with two attached hydrogens (primary N) is 1. The van der Waals surface area contributed by atoms with Crippen LogP contribution < -0.4 is 21.3 Å². The lowest BCUT2D eigenvalue weighted by Crippen LogP contribution is -2.54. The molecule has 1 heterocycles. The van der Waals surface area contributed by atoms with Gasteiger partial charge in [-0.15, -0.1) is 0 Å². The minimum atomic E-state index is -0.702. The van der Waals surface area contributed by atoms with Gasteiger partial charge in [0.05, 0.1) is 6.04 Å². The van der Waals surface area contributed by atoms with Crippen molar-refractivity contribution in [2.45, 2.75) is 63.1 Å². The molecule has 1 saturated carbocycles. The van der Waals surface area contributed by atoms with Crippen LogP contribution in [-0.4, -0.2) is 71.4 Å². The number of carbonyl (C=O) groups excluding carboxylic acids is 3. The molecular formula is C32H41N7O3. The summed E-state index contributed by atoms with van der Waals surface area (Å²) in [5, 5.41) is 6.96. The first-order valence-electron chi connectivity index (χ1n) is 14.6. The van der Waals surface area contributed by atoms with Crippen molar-refractivity contribution >= 4 is 29.5 Å². The number of unbranched alkanes of at least 4 members (excludes halogenated alkanes) is 1. The van der Waals surface area contributed by atoms with Gasteiger partial charge in [-0.05, 0) is 75.4 Å². The normalized spacial score (nSPS) is 17.2. The Balaban J connectivity index is 1.48. The Bertz CT molecular complexity index is 1260. The van der Waals surface area contributed by atoms with E-state index in [1.54, 1.807) is 66.9 Å². The molecule has 0 aliphatic heterocycles. The van der Waals surface area contributed by atoms with E-state index in [1.165, 1.54) is 0 Å². The highest BCUT2D eigenvalue weighted by Crippen LogP contribution is 2.23. The van der Waals surface area contributed by atoms with Crippen LogP contribution in [0, 0.1) is 0 Å². The van der Waals surface area contributed by atoms with Crippen LogP contribution in [0.25, 0.3) is 0 Å². The first-order valence-corrected chi connectivity index (χ1v) is 14.6. The summed E-state index contributed by atoms with van der Waals surface area (Å²) in [7, 11) is 3.88. The van der Waals surface area contributed by atoms with Crippen LogP contribution in [0.15, 0.2) is 72.9 Å². The molecule has 222 valence electrons. The molecule has 0 unspecified atom stereocenters. The summed E-state index contributed by atoms with van der Waals surface area (Å²) >= 11 is 0. The largest absolute Gasteiger partial charge is 0.363 e. The van der Waals surface area contributed by atoms with E-state index in [-0.39, 0.29) is 23.2 Å². The zero-order valence-corrected chi connectivity index (χ0v) is 24.4. The van der Waals surface area contributed by atoms with Crippen molar-refractivity contribution in [2.75, 3.05) is 30.9 Å². The van der Waals surface area contributed by atoms with E-state index in [9.17, 15) is 14.4 Å². The summed E-state index contributed by atoms with van der Waals surface area (Å²) in [4.78, 5) is 53.0. The third kappa shape index (κ3) is 8.20. The number of hydrogen-bond acceptors (Lipinski definition) is 9. The van der Waals surface area contributed by atoms with Gasteiger partial charge >= 0.3 is 0 Å². The Labute approximate surface area is 247 Å². The molecule has 10 heteroatoms. The van der Waals surface area contributed by atoms with Crippen LogP contribution in [0.2, 0.25) is 0 Å². The number of imide groups is 3. The van der Waals surface area contributed by atoms with Crippen LogP contribution in [-0.2, 0) is 4.79 Å². The summed E-state index contributed by atoms with van der Waals surface area (Å²) < 4.78 is 0. The highest BCUT2D eigenvalue weighted by molar-refractivity contribution is 6.21. The Kier molecular flexibility index (Phi) is 11.1. The summed E-state index contributed by atoms with van der Waals surface area (Å²) in [6.07, 6.45) is 7.04. The molecule has 1 aliphatic rings. The zero-order valence-electron chi connectivity index (χ0n) is 24.4. The zero-order chi connectivity index (χ0) is 29.9. The lowest BCUT2D eigenvalue weighted by Gasteiger charge is -2.33. The molecule has 3 amide bonds. The van der Waals surface area contributed by atoms with Gasteiger partial charge in [0.25, 0.3) is 17.7 Å². The van der Waals surface area contributed by atoms with Crippen LogP contribution >= 0.6 is 0 Å². The van der Waals surface area contributed by atoms with Gasteiger partial charge in [-0.25, -0.2) is 9.88 Å². The molecule has 1 aliphatic carbocycles. The minimum absolute atomic E-state index is 0.0596. The lowest BCUT2D eigenvalue weighted by molar-refractivity contribution is -0.129. The Morgan fingerprint density at radius 3 is 1.98 bits per heavy atom. The predicted octanol–water partition coefficient (Wildman–Crippen LogP) is 3.86. The fraction of sp³-hybridized carbons (Fsp3) is 0.406. The number of anilines is 2. The third-order valence-corrected chi connectivity index (χ3v) is 7.51. The molecule has 0 saturated heterocycles. The van der Waals surface area contributed by atoms with Crippen molar-refractivity contribution in [1.29, 1.82) is 0 Å². The van der Waals surface area contributed by atoms with E-state index in [2.05, 4.69) is 20.6 Å². The number of nitrogens with one attached hydrogen (secondary N) is 2.